The minimum Gasteiger partial charge on any atom is -0.278 e. The smallest absolute Gasteiger partial charge is 0.235 e. The summed E-state index contributed by atoms with van der Waals surface area (Å²) in [6.45, 7) is 0. The minimum atomic E-state index is 0.577. The van der Waals surface area contributed by atoms with Crippen molar-refractivity contribution in [3.05, 3.63) is 163 Å². The van der Waals surface area contributed by atoms with E-state index in [9.17, 15) is 5.26 Å². The number of rotatable bonds is 5. The number of nitrogens with zero attached hydrogens (tertiary/aromatic N) is 4. The third-order valence-corrected chi connectivity index (χ3v) is 8.25. The Kier molecular flexibility index (Phi) is 6.48. The number of nitriles is 1. The highest BCUT2D eigenvalue weighted by atomic mass is 15.2. The zero-order valence-electron chi connectivity index (χ0n) is 24.3. The van der Waals surface area contributed by atoms with Crippen LogP contribution in [0.25, 0.3) is 72.5 Å². The van der Waals surface area contributed by atoms with E-state index in [2.05, 4.69) is 108 Å². The van der Waals surface area contributed by atoms with Crippen molar-refractivity contribution in [2.45, 2.75) is 0 Å². The monoisotopic (exact) mass is 574 g/mol. The summed E-state index contributed by atoms with van der Waals surface area (Å²) >= 11 is 0. The summed E-state index contributed by atoms with van der Waals surface area (Å²) in [7, 11) is 0. The van der Waals surface area contributed by atoms with Crippen molar-refractivity contribution < 1.29 is 0 Å². The van der Waals surface area contributed by atoms with Gasteiger partial charge in [0.1, 0.15) is 0 Å². The Morgan fingerprint density at radius 2 is 0.911 bits per heavy atom. The van der Waals surface area contributed by atoms with Crippen LogP contribution >= 0.6 is 0 Å². The highest BCUT2D eigenvalue weighted by Gasteiger charge is 2.18. The standard InChI is InChI=1S/C41H26N4/c42-27-28-11-10-18-34(23-28)38-26-37(31-16-8-3-9-17-31)43-41(44-38)45-39-21-19-32(29-12-4-1-5-13-29)24-35(39)36-25-33(20-22-40(36)45)30-14-6-2-7-15-30/h1-26H. The largest absolute Gasteiger partial charge is 0.278 e. The molecular formula is C41H26N4. The Balaban J connectivity index is 1.42. The van der Waals surface area contributed by atoms with Gasteiger partial charge in [0.05, 0.1) is 34.1 Å². The van der Waals surface area contributed by atoms with Crippen LogP contribution in [0.2, 0.25) is 0 Å². The van der Waals surface area contributed by atoms with E-state index in [-0.39, 0.29) is 0 Å². The van der Waals surface area contributed by atoms with Crippen LogP contribution in [0.15, 0.2) is 158 Å². The topological polar surface area (TPSA) is 54.5 Å². The fourth-order valence-electron chi connectivity index (χ4n) is 6.05. The first-order valence-electron chi connectivity index (χ1n) is 14.9. The fourth-order valence-corrected chi connectivity index (χ4v) is 6.05. The van der Waals surface area contributed by atoms with Gasteiger partial charge in [-0.25, -0.2) is 9.97 Å². The maximum absolute atomic E-state index is 9.61. The molecule has 0 radical (unpaired) electrons. The van der Waals surface area contributed by atoms with Gasteiger partial charge in [-0.05, 0) is 64.7 Å². The fraction of sp³-hybridized carbons (Fsp3) is 0. The van der Waals surface area contributed by atoms with Gasteiger partial charge in [-0.15, -0.1) is 0 Å². The molecule has 4 nitrogen and oxygen atoms in total. The summed E-state index contributed by atoms with van der Waals surface area (Å²) < 4.78 is 2.16. The van der Waals surface area contributed by atoms with Crippen LogP contribution in [0.4, 0.5) is 0 Å². The second-order valence-electron chi connectivity index (χ2n) is 11.0. The highest BCUT2D eigenvalue weighted by molar-refractivity contribution is 6.11. The van der Waals surface area contributed by atoms with E-state index in [0.717, 1.165) is 55.4 Å². The van der Waals surface area contributed by atoms with Crippen molar-refractivity contribution in [1.29, 1.82) is 5.26 Å². The summed E-state index contributed by atoms with van der Waals surface area (Å²) in [6, 6.07) is 56.2. The second kappa shape index (κ2) is 11.1. The normalized spacial score (nSPS) is 11.1. The molecule has 0 fully saturated rings. The Bertz CT molecular complexity index is 2270. The highest BCUT2D eigenvalue weighted by Crippen LogP contribution is 2.37. The number of benzene rings is 6. The van der Waals surface area contributed by atoms with E-state index in [1.807, 2.05) is 60.7 Å². The van der Waals surface area contributed by atoms with Crippen LogP contribution in [-0.4, -0.2) is 14.5 Å². The van der Waals surface area contributed by atoms with E-state index in [0.29, 0.717) is 11.5 Å². The van der Waals surface area contributed by atoms with Crippen molar-refractivity contribution in [3.8, 4) is 56.8 Å². The number of fused-ring (bicyclic) bond motifs is 3. The van der Waals surface area contributed by atoms with Crippen LogP contribution in [0.3, 0.4) is 0 Å². The van der Waals surface area contributed by atoms with Crippen molar-refractivity contribution in [2.75, 3.05) is 0 Å². The van der Waals surface area contributed by atoms with Crippen LogP contribution in [0, 0.1) is 11.3 Å². The zero-order chi connectivity index (χ0) is 30.2. The van der Waals surface area contributed by atoms with Gasteiger partial charge < -0.3 is 0 Å². The molecule has 0 amide bonds. The van der Waals surface area contributed by atoms with Gasteiger partial charge in [0.15, 0.2) is 0 Å². The van der Waals surface area contributed by atoms with Crippen LogP contribution in [-0.2, 0) is 0 Å². The Labute approximate surface area is 261 Å². The molecule has 4 heteroatoms. The van der Waals surface area contributed by atoms with Crippen LogP contribution in [0.5, 0.6) is 0 Å². The number of hydrogen-bond donors (Lipinski definition) is 0. The van der Waals surface area contributed by atoms with Gasteiger partial charge in [-0.2, -0.15) is 5.26 Å². The van der Waals surface area contributed by atoms with E-state index >= 15 is 0 Å². The first-order valence-corrected chi connectivity index (χ1v) is 14.9. The minimum absolute atomic E-state index is 0.577. The van der Waals surface area contributed by atoms with Crippen LogP contribution < -0.4 is 0 Å². The summed E-state index contributed by atoms with van der Waals surface area (Å²) in [4.78, 5) is 10.3. The number of hydrogen-bond acceptors (Lipinski definition) is 3. The molecule has 2 aromatic heterocycles. The molecule has 210 valence electrons. The Hall–Kier alpha value is -6.31. The average molecular weight is 575 g/mol. The Morgan fingerprint density at radius 3 is 1.44 bits per heavy atom. The van der Waals surface area contributed by atoms with Crippen molar-refractivity contribution in [3.63, 3.8) is 0 Å². The van der Waals surface area contributed by atoms with Gasteiger partial charge >= 0.3 is 0 Å². The summed E-state index contributed by atoms with van der Waals surface area (Å²) in [5.41, 5.74) is 10.7. The molecule has 0 saturated heterocycles. The third-order valence-electron chi connectivity index (χ3n) is 8.25. The van der Waals surface area contributed by atoms with Crippen LogP contribution in [0.1, 0.15) is 5.56 Å². The van der Waals surface area contributed by atoms with Gasteiger partial charge in [-0.3, -0.25) is 4.57 Å². The zero-order valence-corrected chi connectivity index (χ0v) is 24.3. The lowest BCUT2D eigenvalue weighted by atomic mass is 10.0. The molecule has 45 heavy (non-hydrogen) atoms. The lowest BCUT2D eigenvalue weighted by Crippen LogP contribution is -2.04. The predicted molar refractivity (Wildman–Crippen MR) is 183 cm³/mol. The molecule has 0 spiro atoms. The number of aromatic nitrogens is 3. The van der Waals surface area contributed by atoms with Gasteiger partial charge in [0.2, 0.25) is 5.95 Å². The maximum Gasteiger partial charge on any atom is 0.235 e. The van der Waals surface area contributed by atoms with Crippen molar-refractivity contribution in [2.24, 2.45) is 0 Å². The third kappa shape index (κ3) is 4.83. The second-order valence-corrected chi connectivity index (χ2v) is 11.0. The molecule has 8 aromatic rings. The van der Waals surface area contributed by atoms with Gasteiger partial charge in [0, 0.05) is 21.9 Å². The Morgan fingerprint density at radius 1 is 0.422 bits per heavy atom. The summed E-state index contributed by atoms with van der Waals surface area (Å²) in [5, 5.41) is 11.9. The predicted octanol–water partition coefficient (Wildman–Crippen LogP) is 10.1. The maximum atomic E-state index is 9.61. The molecule has 0 aliphatic heterocycles. The van der Waals surface area contributed by atoms with E-state index in [1.165, 1.54) is 11.1 Å². The van der Waals surface area contributed by atoms with Crippen molar-refractivity contribution in [1.82, 2.24) is 14.5 Å². The average Bonchev–Trinajstić information content (AvgIpc) is 3.45. The quantitative estimate of drug-likeness (QED) is 0.205. The molecule has 0 aliphatic carbocycles. The molecule has 2 heterocycles. The van der Waals surface area contributed by atoms with Crippen molar-refractivity contribution >= 4 is 21.8 Å². The lowest BCUT2D eigenvalue weighted by molar-refractivity contribution is 0.995. The molecule has 6 aromatic carbocycles. The van der Waals surface area contributed by atoms with E-state index in [4.69, 9.17) is 9.97 Å². The first-order chi connectivity index (χ1) is 22.2. The lowest BCUT2D eigenvalue weighted by Gasteiger charge is -2.12. The molecule has 0 N–H and O–H groups in total. The van der Waals surface area contributed by atoms with E-state index in [1.54, 1.807) is 0 Å². The van der Waals surface area contributed by atoms with Gasteiger partial charge in [0.25, 0.3) is 0 Å². The first kappa shape index (κ1) is 26.3. The molecule has 0 atom stereocenters. The SMILES string of the molecule is N#Cc1cccc(-c2cc(-c3ccccc3)nc(-n3c4ccc(-c5ccccc5)cc4c4cc(-c5ccccc5)ccc43)n2)c1. The van der Waals surface area contributed by atoms with Gasteiger partial charge in [-0.1, -0.05) is 115 Å². The molecular weight excluding hydrogens is 548 g/mol. The van der Waals surface area contributed by atoms with E-state index < -0.39 is 0 Å². The summed E-state index contributed by atoms with van der Waals surface area (Å²) in [5.74, 6) is 0.577. The molecule has 0 unspecified atom stereocenters. The molecule has 8 rings (SSSR count). The summed E-state index contributed by atoms with van der Waals surface area (Å²) in [6.07, 6.45) is 0. The molecule has 0 aliphatic rings. The molecule has 0 saturated carbocycles. The molecule has 0 bridgehead atoms.